The molecule has 3 amide bonds. The van der Waals surface area contributed by atoms with E-state index in [1.807, 2.05) is 30.3 Å². The maximum absolute atomic E-state index is 12.2. The molecule has 7 heteroatoms. The Bertz CT molecular complexity index is 619. The van der Waals surface area contributed by atoms with Crippen LogP contribution in [-0.4, -0.2) is 71.9 Å². The van der Waals surface area contributed by atoms with Gasteiger partial charge in [-0.3, -0.25) is 9.59 Å². The monoisotopic (exact) mass is 317 g/mol. The number of ether oxygens (including phenoxy) is 1. The maximum Gasteiger partial charge on any atom is 0.410 e. The second kappa shape index (κ2) is 6.28. The molecule has 0 radical (unpaired) electrons. The van der Waals surface area contributed by atoms with E-state index in [0.717, 1.165) is 5.56 Å². The summed E-state index contributed by atoms with van der Waals surface area (Å²) in [4.78, 5) is 40.8. The minimum atomic E-state index is -0.598. The van der Waals surface area contributed by atoms with Gasteiger partial charge in [-0.2, -0.15) is 0 Å². The minimum Gasteiger partial charge on any atom is -0.445 e. The van der Waals surface area contributed by atoms with Crippen molar-refractivity contribution in [3.05, 3.63) is 35.9 Å². The zero-order valence-corrected chi connectivity index (χ0v) is 13.0. The Morgan fingerprint density at radius 3 is 2.70 bits per heavy atom. The van der Waals surface area contributed by atoms with Crippen molar-refractivity contribution in [1.82, 2.24) is 14.7 Å². The van der Waals surface area contributed by atoms with E-state index in [1.165, 1.54) is 9.80 Å². The van der Waals surface area contributed by atoms with Crippen LogP contribution in [0.4, 0.5) is 4.79 Å². The largest absolute Gasteiger partial charge is 0.445 e. The van der Waals surface area contributed by atoms with Crippen LogP contribution in [0.15, 0.2) is 30.3 Å². The second-order valence-corrected chi connectivity index (χ2v) is 5.78. The van der Waals surface area contributed by atoms with Gasteiger partial charge >= 0.3 is 6.09 Å². The molecule has 2 heterocycles. The summed E-state index contributed by atoms with van der Waals surface area (Å²) in [5.41, 5.74) is 0.906. The van der Waals surface area contributed by atoms with E-state index in [1.54, 1.807) is 11.9 Å². The van der Waals surface area contributed by atoms with Gasteiger partial charge in [0.2, 0.25) is 11.8 Å². The van der Waals surface area contributed by atoms with Gasteiger partial charge in [-0.1, -0.05) is 30.3 Å². The molecular weight excluding hydrogens is 298 g/mol. The van der Waals surface area contributed by atoms with Gasteiger partial charge in [0.15, 0.2) is 0 Å². The van der Waals surface area contributed by atoms with E-state index < -0.39 is 12.1 Å². The molecule has 23 heavy (non-hydrogen) atoms. The highest BCUT2D eigenvalue weighted by Crippen LogP contribution is 2.18. The Morgan fingerprint density at radius 2 is 1.96 bits per heavy atom. The number of hydrogen-bond acceptors (Lipinski definition) is 4. The SMILES string of the molecule is CN1CC(=O)N2CCN(C(=O)OCc3ccccc3)C[C@@H]2C1=O. The van der Waals surface area contributed by atoms with Gasteiger partial charge in [-0.25, -0.2) is 4.79 Å². The lowest BCUT2D eigenvalue weighted by Gasteiger charge is -2.44. The molecule has 2 fully saturated rings. The van der Waals surface area contributed by atoms with Crippen molar-refractivity contribution in [3.63, 3.8) is 0 Å². The lowest BCUT2D eigenvalue weighted by Crippen LogP contribution is -2.66. The van der Waals surface area contributed by atoms with Gasteiger partial charge in [-0.05, 0) is 5.56 Å². The first-order valence-electron chi connectivity index (χ1n) is 7.56. The standard InChI is InChI=1S/C16H19N3O4/c1-17-10-14(20)19-8-7-18(9-13(19)15(17)21)16(22)23-11-12-5-3-2-4-6-12/h2-6,13H,7-11H2,1H3/t13-/m1/s1. The Hall–Kier alpha value is -2.57. The number of nitrogens with zero attached hydrogens (tertiary/aromatic N) is 3. The molecule has 0 bridgehead atoms. The molecule has 0 N–H and O–H groups in total. The van der Waals surface area contributed by atoms with E-state index in [4.69, 9.17) is 4.74 Å². The van der Waals surface area contributed by atoms with Crippen LogP contribution in [0.2, 0.25) is 0 Å². The fourth-order valence-corrected chi connectivity index (χ4v) is 2.90. The van der Waals surface area contributed by atoms with Crippen molar-refractivity contribution >= 4 is 17.9 Å². The Balaban J connectivity index is 1.60. The van der Waals surface area contributed by atoms with Crippen LogP contribution < -0.4 is 0 Å². The first kappa shape index (κ1) is 15.3. The number of piperazine rings is 2. The maximum atomic E-state index is 12.2. The lowest BCUT2D eigenvalue weighted by molar-refractivity contribution is -0.157. The molecule has 0 aliphatic carbocycles. The first-order valence-corrected chi connectivity index (χ1v) is 7.56. The fraction of sp³-hybridized carbons (Fsp3) is 0.438. The van der Waals surface area contributed by atoms with E-state index in [2.05, 4.69) is 0 Å². The fourth-order valence-electron chi connectivity index (χ4n) is 2.90. The molecule has 3 rings (SSSR count). The Morgan fingerprint density at radius 1 is 1.22 bits per heavy atom. The molecule has 2 aliphatic heterocycles. The van der Waals surface area contributed by atoms with Gasteiger partial charge in [0.1, 0.15) is 12.6 Å². The van der Waals surface area contributed by atoms with Crippen molar-refractivity contribution in [2.24, 2.45) is 0 Å². The topological polar surface area (TPSA) is 70.2 Å². The zero-order valence-electron chi connectivity index (χ0n) is 13.0. The molecule has 1 aromatic carbocycles. The quantitative estimate of drug-likeness (QED) is 0.787. The van der Waals surface area contributed by atoms with Gasteiger partial charge < -0.3 is 19.4 Å². The average Bonchev–Trinajstić information content (AvgIpc) is 2.58. The van der Waals surface area contributed by atoms with Gasteiger partial charge in [0, 0.05) is 20.1 Å². The number of rotatable bonds is 2. The van der Waals surface area contributed by atoms with Crippen molar-refractivity contribution in [2.75, 3.05) is 33.2 Å². The van der Waals surface area contributed by atoms with E-state index in [9.17, 15) is 14.4 Å². The van der Waals surface area contributed by atoms with Crippen LogP contribution in [-0.2, 0) is 20.9 Å². The summed E-state index contributed by atoms with van der Waals surface area (Å²) >= 11 is 0. The van der Waals surface area contributed by atoms with Gasteiger partial charge in [-0.15, -0.1) is 0 Å². The third-order valence-corrected chi connectivity index (χ3v) is 4.20. The molecular formula is C16H19N3O4. The second-order valence-electron chi connectivity index (χ2n) is 5.78. The molecule has 7 nitrogen and oxygen atoms in total. The van der Waals surface area contributed by atoms with Crippen LogP contribution in [0, 0.1) is 0 Å². The Labute approximate surface area is 134 Å². The molecule has 0 aromatic heterocycles. The summed E-state index contributed by atoms with van der Waals surface area (Å²) in [5, 5.41) is 0. The highest BCUT2D eigenvalue weighted by Gasteiger charge is 2.42. The number of fused-ring (bicyclic) bond motifs is 1. The number of carbonyl (C=O) groups excluding carboxylic acids is 3. The van der Waals surface area contributed by atoms with E-state index >= 15 is 0 Å². The van der Waals surface area contributed by atoms with Crippen LogP contribution in [0.1, 0.15) is 5.56 Å². The summed E-state index contributed by atoms with van der Waals surface area (Å²) in [5.74, 6) is -0.209. The van der Waals surface area contributed by atoms with Crippen LogP contribution >= 0.6 is 0 Å². The summed E-state index contributed by atoms with van der Waals surface area (Å²) < 4.78 is 5.29. The van der Waals surface area contributed by atoms with E-state index in [-0.39, 0.29) is 31.5 Å². The number of carbonyl (C=O) groups is 3. The van der Waals surface area contributed by atoms with Gasteiger partial charge in [0.25, 0.3) is 0 Å². The number of benzene rings is 1. The van der Waals surface area contributed by atoms with Crippen LogP contribution in [0.25, 0.3) is 0 Å². The highest BCUT2D eigenvalue weighted by atomic mass is 16.6. The number of amides is 3. The lowest BCUT2D eigenvalue weighted by atomic mass is 10.1. The van der Waals surface area contributed by atoms with Crippen molar-refractivity contribution in [3.8, 4) is 0 Å². The summed E-state index contributed by atoms with van der Waals surface area (Å²) in [6.45, 7) is 1.23. The molecule has 1 atom stereocenters. The van der Waals surface area contributed by atoms with Crippen LogP contribution in [0.5, 0.6) is 0 Å². The predicted octanol–water partition coefficient (Wildman–Crippen LogP) is 0.308. The third-order valence-electron chi connectivity index (χ3n) is 4.20. The molecule has 122 valence electrons. The number of hydrogen-bond donors (Lipinski definition) is 0. The van der Waals surface area contributed by atoms with Crippen molar-refractivity contribution in [2.45, 2.75) is 12.6 Å². The van der Waals surface area contributed by atoms with Crippen LogP contribution in [0.3, 0.4) is 0 Å². The molecule has 0 saturated carbocycles. The Kier molecular flexibility index (Phi) is 4.18. The molecule has 1 aromatic rings. The predicted molar refractivity (Wildman–Crippen MR) is 81.3 cm³/mol. The number of likely N-dealkylation sites (N-methyl/N-ethyl adjacent to an activating group) is 1. The summed E-state index contributed by atoms with van der Waals surface area (Å²) in [7, 11) is 1.60. The van der Waals surface area contributed by atoms with Crippen molar-refractivity contribution < 1.29 is 19.1 Å². The molecule has 2 saturated heterocycles. The minimum absolute atomic E-state index is 0.0746. The average molecular weight is 317 g/mol. The van der Waals surface area contributed by atoms with Crippen molar-refractivity contribution in [1.29, 1.82) is 0 Å². The third kappa shape index (κ3) is 3.13. The summed E-state index contributed by atoms with van der Waals surface area (Å²) in [6, 6.07) is 8.81. The smallest absolute Gasteiger partial charge is 0.410 e. The summed E-state index contributed by atoms with van der Waals surface area (Å²) in [6.07, 6.45) is -0.457. The normalized spacial score (nSPS) is 21.3. The highest BCUT2D eigenvalue weighted by molar-refractivity contribution is 5.95. The first-order chi connectivity index (χ1) is 11.1. The zero-order chi connectivity index (χ0) is 16.4. The van der Waals surface area contributed by atoms with E-state index in [0.29, 0.717) is 13.1 Å². The molecule has 0 unspecified atom stereocenters. The molecule has 2 aliphatic rings. The van der Waals surface area contributed by atoms with Gasteiger partial charge in [0.05, 0.1) is 13.1 Å². The molecule has 0 spiro atoms.